The zero-order valence-corrected chi connectivity index (χ0v) is 21.6. The fraction of sp³-hybridized carbons (Fsp3) is 0.172. The van der Waals surface area contributed by atoms with E-state index in [1.165, 1.54) is 30.3 Å². The molecule has 0 amide bonds. The maximum Gasteiger partial charge on any atom is 0.346 e. The van der Waals surface area contributed by atoms with Crippen molar-refractivity contribution in [3.05, 3.63) is 94.1 Å². The molecule has 1 unspecified atom stereocenters. The lowest BCUT2D eigenvalue weighted by Crippen LogP contribution is -2.31. The quantitative estimate of drug-likeness (QED) is 0.242. The first kappa shape index (κ1) is 25.6. The minimum atomic E-state index is -1.02. The van der Waals surface area contributed by atoms with Gasteiger partial charge in [-0.3, -0.25) is 0 Å². The highest BCUT2D eigenvalue weighted by atomic mass is 32.1. The molecule has 1 aliphatic heterocycles. The van der Waals surface area contributed by atoms with Crippen molar-refractivity contribution in [2.24, 2.45) is 0 Å². The standard InChI is InChI=1S/C29H20F2N4O4S/c30-21-7-8-23(33-27(21)39-19-5-1-16(14-32)2-6-19)18-4-3-17(22(31)11-18)12-26-34-28-24(13-25(40-28)29(36)37)35(26)15-20-9-10-38-20/h1-8,11,13,20H,9-10,12,15H2,(H,36,37). The molecule has 3 aromatic heterocycles. The third kappa shape index (κ3) is 5.02. The van der Waals surface area contributed by atoms with E-state index in [4.69, 9.17) is 14.7 Å². The Labute approximate surface area is 230 Å². The molecule has 5 aromatic rings. The SMILES string of the molecule is N#Cc1ccc(Oc2nc(-c3ccc(Cc4nc5sc(C(=O)O)cc5n4CC4CCO4)c(F)c3)ccc2F)cc1. The molecular formula is C29H20F2N4O4S. The number of nitrogens with zero attached hydrogens (tertiary/aromatic N) is 4. The smallest absolute Gasteiger partial charge is 0.346 e. The Kier molecular flexibility index (Phi) is 6.71. The highest BCUT2D eigenvalue weighted by molar-refractivity contribution is 7.20. The average molecular weight is 559 g/mol. The first-order valence-corrected chi connectivity index (χ1v) is 13.2. The van der Waals surface area contributed by atoms with Gasteiger partial charge in [-0.15, -0.1) is 11.3 Å². The Morgan fingerprint density at radius 1 is 1.12 bits per heavy atom. The van der Waals surface area contributed by atoms with Crippen LogP contribution in [0, 0.1) is 23.0 Å². The van der Waals surface area contributed by atoms with Crippen molar-refractivity contribution < 1.29 is 28.2 Å². The number of hydrogen-bond donors (Lipinski definition) is 1. The summed E-state index contributed by atoms with van der Waals surface area (Å²) in [5.74, 6) is -1.54. The Hall–Kier alpha value is -4.66. The van der Waals surface area contributed by atoms with E-state index in [1.807, 2.05) is 10.6 Å². The van der Waals surface area contributed by atoms with Crippen molar-refractivity contribution in [2.75, 3.05) is 6.61 Å². The molecule has 0 radical (unpaired) electrons. The summed E-state index contributed by atoms with van der Waals surface area (Å²) in [6.07, 6.45) is 1.08. The summed E-state index contributed by atoms with van der Waals surface area (Å²) in [6, 6.07) is 17.0. The van der Waals surface area contributed by atoms with Crippen LogP contribution in [-0.2, 0) is 17.7 Å². The van der Waals surface area contributed by atoms with E-state index in [2.05, 4.69) is 9.97 Å². The predicted molar refractivity (Wildman–Crippen MR) is 143 cm³/mol. The first-order valence-electron chi connectivity index (χ1n) is 12.3. The van der Waals surface area contributed by atoms with Crippen LogP contribution in [0.5, 0.6) is 11.6 Å². The first-order chi connectivity index (χ1) is 19.4. The molecule has 1 N–H and O–H groups in total. The Balaban J connectivity index is 1.26. The number of pyridine rings is 1. The molecule has 0 aliphatic carbocycles. The van der Waals surface area contributed by atoms with Crippen LogP contribution in [-0.4, -0.2) is 38.3 Å². The molecule has 0 bridgehead atoms. The van der Waals surface area contributed by atoms with Crippen LogP contribution >= 0.6 is 11.3 Å². The number of thiophene rings is 1. The third-order valence-electron chi connectivity index (χ3n) is 6.63. The van der Waals surface area contributed by atoms with Gasteiger partial charge in [0.1, 0.15) is 27.1 Å². The van der Waals surface area contributed by atoms with Crippen LogP contribution in [0.4, 0.5) is 8.78 Å². The highest BCUT2D eigenvalue weighted by Gasteiger charge is 2.24. The monoisotopic (exact) mass is 558 g/mol. The number of hydrogen-bond acceptors (Lipinski definition) is 7. The van der Waals surface area contributed by atoms with E-state index in [1.54, 1.807) is 30.3 Å². The van der Waals surface area contributed by atoms with Gasteiger partial charge < -0.3 is 19.1 Å². The lowest BCUT2D eigenvalue weighted by Gasteiger charge is -2.27. The van der Waals surface area contributed by atoms with Gasteiger partial charge in [-0.25, -0.2) is 23.5 Å². The fourth-order valence-electron chi connectivity index (χ4n) is 4.42. The molecular weight excluding hydrogens is 538 g/mol. The molecule has 8 nitrogen and oxygen atoms in total. The summed E-state index contributed by atoms with van der Waals surface area (Å²) in [6.45, 7) is 1.18. The topological polar surface area (TPSA) is 110 Å². The summed E-state index contributed by atoms with van der Waals surface area (Å²) in [7, 11) is 0. The van der Waals surface area contributed by atoms with Gasteiger partial charge in [0, 0.05) is 18.6 Å². The van der Waals surface area contributed by atoms with Crippen molar-refractivity contribution in [2.45, 2.75) is 25.5 Å². The Bertz CT molecular complexity index is 1790. The van der Waals surface area contributed by atoms with Gasteiger partial charge in [0.25, 0.3) is 5.88 Å². The van der Waals surface area contributed by atoms with E-state index in [0.29, 0.717) is 57.5 Å². The van der Waals surface area contributed by atoms with Gasteiger partial charge in [0.2, 0.25) is 0 Å². The van der Waals surface area contributed by atoms with Crippen LogP contribution < -0.4 is 4.74 Å². The molecule has 11 heteroatoms. The maximum atomic E-state index is 15.3. The molecule has 1 atom stereocenters. The lowest BCUT2D eigenvalue weighted by molar-refractivity contribution is -0.0589. The second-order valence-corrected chi connectivity index (χ2v) is 10.3. The predicted octanol–water partition coefficient (Wildman–Crippen LogP) is 6.18. The number of aromatic carboxylic acids is 1. The maximum absolute atomic E-state index is 15.3. The van der Waals surface area contributed by atoms with Crippen molar-refractivity contribution in [3.63, 3.8) is 0 Å². The van der Waals surface area contributed by atoms with Crippen LogP contribution in [0.1, 0.15) is 33.0 Å². The van der Waals surface area contributed by atoms with Crippen LogP contribution in [0.15, 0.2) is 60.7 Å². The number of imidazole rings is 1. The zero-order valence-electron chi connectivity index (χ0n) is 20.8. The van der Waals surface area contributed by atoms with Crippen LogP contribution in [0.2, 0.25) is 0 Å². The summed E-state index contributed by atoms with van der Waals surface area (Å²) >= 11 is 1.08. The number of aromatic nitrogens is 3. The summed E-state index contributed by atoms with van der Waals surface area (Å²) in [4.78, 5) is 21.1. The number of rotatable bonds is 8. The second kappa shape index (κ2) is 10.5. The number of halogens is 2. The second-order valence-electron chi connectivity index (χ2n) is 9.23. The molecule has 2 aromatic carbocycles. The van der Waals surface area contributed by atoms with Gasteiger partial charge in [0.05, 0.1) is 35.5 Å². The van der Waals surface area contributed by atoms with Crippen molar-refractivity contribution in [1.29, 1.82) is 5.26 Å². The fourth-order valence-corrected chi connectivity index (χ4v) is 5.31. The molecule has 1 aliphatic rings. The van der Waals surface area contributed by atoms with Crippen molar-refractivity contribution in [1.82, 2.24) is 14.5 Å². The van der Waals surface area contributed by atoms with E-state index in [-0.39, 0.29) is 23.3 Å². The number of carbonyl (C=O) groups is 1. The minimum Gasteiger partial charge on any atom is -0.477 e. The Morgan fingerprint density at radius 3 is 2.60 bits per heavy atom. The highest BCUT2D eigenvalue weighted by Crippen LogP contribution is 2.31. The van der Waals surface area contributed by atoms with E-state index < -0.39 is 17.6 Å². The Morgan fingerprint density at radius 2 is 1.93 bits per heavy atom. The van der Waals surface area contributed by atoms with Gasteiger partial charge in [0.15, 0.2) is 5.82 Å². The average Bonchev–Trinajstić information content (AvgIpc) is 3.47. The number of benzene rings is 2. The van der Waals surface area contributed by atoms with Gasteiger partial charge in [-0.1, -0.05) is 12.1 Å². The molecule has 4 heterocycles. The van der Waals surface area contributed by atoms with Gasteiger partial charge >= 0.3 is 5.97 Å². The van der Waals surface area contributed by atoms with Crippen molar-refractivity contribution >= 4 is 27.7 Å². The molecule has 1 fully saturated rings. The van der Waals surface area contributed by atoms with Gasteiger partial charge in [-0.05, 0) is 60.5 Å². The zero-order chi connectivity index (χ0) is 27.8. The van der Waals surface area contributed by atoms with E-state index in [0.717, 1.165) is 17.8 Å². The number of carboxylic acid groups (broad SMARTS) is 1. The minimum absolute atomic E-state index is 0.00166. The summed E-state index contributed by atoms with van der Waals surface area (Å²) < 4.78 is 42.8. The molecule has 0 spiro atoms. The van der Waals surface area contributed by atoms with Gasteiger partial charge in [-0.2, -0.15) is 5.26 Å². The number of ether oxygens (including phenoxy) is 2. The molecule has 40 heavy (non-hydrogen) atoms. The normalized spacial score (nSPS) is 14.6. The lowest BCUT2D eigenvalue weighted by atomic mass is 10.0. The molecule has 0 saturated carbocycles. The third-order valence-corrected chi connectivity index (χ3v) is 7.63. The summed E-state index contributed by atoms with van der Waals surface area (Å²) in [5, 5.41) is 18.3. The number of fused-ring (bicyclic) bond motifs is 1. The van der Waals surface area contributed by atoms with E-state index in [9.17, 15) is 14.3 Å². The molecule has 6 rings (SSSR count). The number of nitriles is 1. The van der Waals surface area contributed by atoms with Crippen LogP contribution in [0.3, 0.4) is 0 Å². The summed E-state index contributed by atoms with van der Waals surface area (Å²) in [5.41, 5.74) is 2.28. The van der Waals surface area contributed by atoms with E-state index >= 15 is 4.39 Å². The largest absolute Gasteiger partial charge is 0.477 e. The number of carboxylic acids is 1. The molecule has 200 valence electrons. The van der Waals surface area contributed by atoms with Crippen molar-refractivity contribution in [3.8, 4) is 29.0 Å². The molecule has 1 saturated heterocycles. The van der Waals surface area contributed by atoms with Crippen LogP contribution in [0.25, 0.3) is 21.6 Å².